The molecule has 1 aliphatic heterocycles. The highest BCUT2D eigenvalue weighted by atomic mass is 16.6. The summed E-state index contributed by atoms with van der Waals surface area (Å²) in [5.41, 5.74) is 1.16. The zero-order valence-electron chi connectivity index (χ0n) is 12.0. The fourth-order valence-electron chi connectivity index (χ4n) is 2.49. The first-order chi connectivity index (χ1) is 11.1. The van der Waals surface area contributed by atoms with Crippen LogP contribution in [-0.2, 0) is 11.2 Å². The van der Waals surface area contributed by atoms with Crippen molar-refractivity contribution in [2.75, 3.05) is 4.90 Å². The summed E-state index contributed by atoms with van der Waals surface area (Å²) in [5.74, 6) is -0.368. The van der Waals surface area contributed by atoms with E-state index in [-0.39, 0.29) is 11.6 Å². The highest BCUT2D eigenvalue weighted by Gasteiger charge is 2.38. The molecule has 3 rings (SSSR count). The van der Waals surface area contributed by atoms with Gasteiger partial charge in [0.05, 0.1) is 10.6 Å². The summed E-state index contributed by atoms with van der Waals surface area (Å²) in [6, 6.07) is 13.5. The summed E-state index contributed by atoms with van der Waals surface area (Å²) < 4.78 is 0. The predicted octanol–water partition coefficient (Wildman–Crippen LogP) is 2.26. The van der Waals surface area contributed by atoms with E-state index in [1.807, 2.05) is 30.3 Å². The lowest BCUT2D eigenvalue weighted by atomic mass is 10.1. The SMILES string of the molecule is O=C1N[C@@H](Cc2ccccc2)C(=O)N1c1ccc([N+](=O)[O-])cc1. The normalized spacial score (nSPS) is 17.2. The van der Waals surface area contributed by atoms with Gasteiger partial charge in [0.25, 0.3) is 11.6 Å². The maximum absolute atomic E-state index is 12.4. The number of nitrogens with one attached hydrogen (secondary N) is 1. The number of rotatable bonds is 4. The van der Waals surface area contributed by atoms with Gasteiger partial charge in [0, 0.05) is 18.6 Å². The van der Waals surface area contributed by atoms with Crippen LogP contribution in [-0.4, -0.2) is 22.9 Å². The smallest absolute Gasteiger partial charge is 0.325 e. The van der Waals surface area contributed by atoms with E-state index >= 15 is 0 Å². The first-order valence-electron chi connectivity index (χ1n) is 6.99. The average Bonchev–Trinajstić information content (AvgIpc) is 2.82. The van der Waals surface area contributed by atoms with Gasteiger partial charge < -0.3 is 5.32 Å². The van der Waals surface area contributed by atoms with Gasteiger partial charge in [0.1, 0.15) is 6.04 Å². The second-order valence-electron chi connectivity index (χ2n) is 5.14. The molecule has 7 heteroatoms. The second kappa shape index (κ2) is 5.88. The van der Waals surface area contributed by atoms with Gasteiger partial charge in [-0.15, -0.1) is 0 Å². The number of anilines is 1. The lowest BCUT2D eigenvalue weighted by molar-refractivity contribution is -0.384. The molecule has 1 aliphatic rings. The molecule has 1 atom stereocenters. The fourth-order valence-corrected chi connectivity index (χ4v) is 2.49. The van der Waals surface area contributed by atoms with Gasteiger partial charge in [0.2, 0.25) is 0 Å². The van der Waals surface area contributed by atoms with Crippen molar-refractivity contribution in [3.63, 3.8) is 0 Å². The lowest BCUT2D eigenvalue weighted by Crippen LogP contribution is -2.32. The molecule has 1 N–H and O–H groups in total. The Bertz CT molecular complexity index is 759. The summed E-state index contributed by atoms with van der Waals surface area (Å²) in [6.07, 6.45) is 0.398. The number of carbonyl (C=O) groups excluding carboxylic acids is 2. The molecule has 0 aromatic heterocycles. The first kappa shape index (κ1) is 14.7. The van der Waals surface area contributed by atoms with E-state index in [2.05, 4.69) is 5.32 Å². The molecule has 0 bridgehead atoms. The summed E-state index contributed by atoms with van der Waals surface area (Å²) in [4.78, 5) is 35.7. The van der Waals surface area contributed by atoms with Crippen LogP contribution in [0.15, 0.2) is 54.6 Å². The molecule has 1 heterocycles. The number of amides is 3. The van der Waals surface area contributed by atoms with Crippen molar-refractivity contribution in [2.45, 2.75) is 12.5 Å². The summed E-state index contributed by atoms with van der Waals surface area (Å²) in [6.45, 7) is 0. The molecule has 3 amide bonds. The number of imide groups is 1. The van der Waals surface area contributed by atoms with Crippen molar-refractivity contribution in [3.8, 4) is 0 Å². The Kier molecular flexibility index (Phi) is 3.76. The monoisotopic (exact) mass is 311 g/mol. The van der Waals surface area contributed by atoms with E-state index in [0.29, 0.717) is 12.1 Å². The van der Waals surface area contributed by atoms with E-state index in [1.165, 1.54) is 24.3 Å². The van der Waals surface area contributed by atoms with Crippen LogP contribution in [0.25, 0.3) is 0 Å². The standard InChI is InChI=1S/C16H13N3O4/c20-15-14(10-11-4-2-1-3-5-11)17-16(21)18(15)12-6-8-13(9-7-12)19(22)23/h1-9,14H,10H2,(H,17,21)/t14-/m0/s1. The van der Waals surface area contributed by atoms with Gasteiger partial charge in [-0.1, -0.05) is 30.3 Å². The van der Waals surface area contributed by atoms with Crippen LogP contribution in [0.1, 0.15) is 5.56 Å². The molecular formula is C16H13N3O4. The number of urea groups is 1. The second-order valence-corrected chi connectivity index (χ2v) is 5.14. The molecular weight excluding hydrogens is 298 g/mol. The van der Waals surface area contributed by atoms with Crippen molar-refractivity contribution in [2.24, 2.45) is 0 Å². The molecule has 116 valence electrons. The summed E-state index contributed by atoms with van der Waals surface area (Å²) in [7, 11) is 0. The van der Waals surface area contributed by atoms with Gasteiger partial charge in [-0.05, 0) is 17.7 Å². The van der Waals surface area contributed by atoms with Crippen LogP contribution >= 0.6 is 0 Å². The minimum atomic E-state index is -0.639. The number of hydrogen-bond acceptors (Lipinski definition) is 4. The van der Waals surface area contributed by atoms with Crippen molar-refractivity contribution in [1.82, 2.24) is 5.32 Å². The van der Waals surface area contributed by atoms with E-state index in [1.54, 1.807) is 0 Å². The van der Waals surface area contributed by atoms with Gasteiger partial charge in [-0.2, -0.15) is 0 Å². The molecule has 2 aromatic rings. The maximum Gasteiger partial charge on any atom is 0.329 e. The molecule has 1 saturated heterocycles. The van der Waals surface area contributed by atoms with E-state index in [0.717, 1.165) is 10.5 Å². The van der Waals surface area contributed by atoms with Gasteiger partial charge in [0.15, 0.2) is 0 Å². The Morgan fingerprint density at radius 3 is 2.30 bits per heavy atom. The number of non-ortho nitro benzene ring substituents is 1. The van der Waals surface area contributed by atoms with Crippen molar-refractivity contribution < 1.29 is 14.5 Å². The van der Waals surface area contributed by atoms with Gasteiger partial charge in [-0.3, -0.25) is 14.9 Å². The third-order valence-electron chi connectivity index (χ3n) is 3.62. The van der Waals surface area contributed by atoms with Crippen molar-refractivity contribution >= 4 is 23.3 Å². The number of nitro groups is 1. The average molecular weight is 311 g/mol. The summed E-state index contributed by atoms with van der Waals surface area (Å²) in [5, 5.41) is 13.3. The Labute approximate surface area is 131 Å². The molecule has 0 spiro atoms. The number of hydrogen-bond donors (Lipinski definition) is 1. The minimum Gasteiger partial charge on any atom is -0.325 e. The number of nitro benzene ring substituents is 1. The maximum atomic E-state index is 12.4. The largest absolute Gasteiger partial charge is 0.329 e. The third-order valence-corrected chi connectivity index (χ3v) is 3.62. The molecule has 1 fully saturated rings. The minimum absolute atomic E-state index is 0.0957. The predicted molar refractivity (Wildman–Crippen MR) is 83.0 cm³/mol. The van der Waals surface area contributed by atoms with Crippen LogP contribution in [0.4, 0.5) is 16.2 Å². The number of nitrogens with zero attached hydrogens (tertiary/aromatic N) is 2. The zero-order chi connectivity index (χ0) is 16.4. The molecule has 0 unspecified atom stereocenters. The molecule has 7 nitrogen and oxygen atoms in total. The number of carbonyl (C=O) groups is 2. The summed E-state index contributed by atoms with van der Waals surface area (Å²) >= 11 is 0. The van der Waals surface area contributed by atoms with Crippen molar-refractivity contribution in [1.29, 1.82) is 0 Å². The van der Waals surface area contributed by atoms with Gasteiger partial charge in [-0.25, -0.2) is 9.69 Å². The van der Waals surface area contributed by atoms with E-state index in [9.17, 15) is 19.7 Å². The Morgan fingerprint density at radius 2 is 1.70 bits per heavy atom. The van der Waals surface area contributed by atoms with E-state index in [4.69, 9.17) is 0 Å². The third kappa shape index (κ3) is 2.89. The quantitative estimate of drug-likeness (QED) is 0.532. The van der Waals surface area contributed by atoms with Crippen LogP contribution in [0.2, 0.25) is 0 Å². The topological polar surface area (TPSA) is 92.6 Å². The van der Waals surface area contributed by atoms with Gasteiger partial charge >= 0.3 is 6.03 Å². The molecule has 23 heavy (non-hydrogen) atoms. The van der Waals surface area contributed by atoms with Crippen LogP contribution < -0.4 is 10.2 Å². The molecule has 2 aromatic carbocycles. The Balaban J connectivity index is 1.79. The highest BCUT2D eigenvalue weighted by molar-refractivity contribution is 6.21. The molecule has 0 aliphatic carbocycles. The van der Waals surface area contributed by atoms with Crippen LogP contribution in [0.5, 0.6) is 0 Å². The van der Waals surface area contributed by atoms with Crippen molar-refractivity contribution in [3.05, 3.63) is 70.3 Å². The number of benzene rings is 2. The first-order valence-corrected chi connectivity index (χ1v) is 6.99. The van der Waals surface area contributed by atoms with Crippen LogP contribution in [0.3, 0.4) is 0 Å². The Morgan fingerprint density at radius 1 is 1.04 bits per heavy atom. The fraction of sp³-hybridized carbons (Fsp3) is 0.125. The van der Waals surface area contributed by atoms with Crippen LogP contribution in [0, 0.1) is 10.1 Å². The lowest BCUT2D eigenvalue weighted by Gasteiger charge is -2.12. The van der Waals surface area contributed by atoms with E-state index < -0.39 is 17.0 Å². The molecule has 0 radical (unpaired) electrons. The Hall–Kier alpha value is -3.22. The zero-order valence-corrected chi connectivity index (χ0v) is 12.0. The highest BCUT2D eigenvalue weighted by Crippen LogP contribution is 2.23. The molecule has 0 saturated carbocycles.